The second-order valence-electron chi connectivity index (χ2n) is 6.06. The number of esters is 1. The molecule has 0 aliphatic carbocycles. The zero-order valence-electron chi connectivity index (χ0n) is 14.8. The molecule has 0 bridgehead atoms. The van der Waals surface area contributed by atoms with Gasteiger partial charge in [-0.15, -0.1) is 0 Å². The van der Waals surface area contributed by atoms with Crippen molar-refractivity contribution in [2.24, 2.45) is 7.05 Å². The number of aromatic nitrogens is 2. The summed E-state index contributed by atoms with van der Waals surface area (Å²) >= 11 is 0. The molecule has 0 unspecified atom stereocenters. The maximum Gasteiger partial charge on any atom is 0.306 e. The van der Waals surface area contributed by atoms with Crippen LogP contribution in [0.4, 0.5) is 4.39 Å². The van der Waals surface area contributed by atoms with E-state index in [1.54, 1.807) is 12.1 Å². The van der Waals surface area contributed by atoms with E-state index < -0.39 is 6.10 Å². The number of rotatable bonds is 7. The predicted molar refractivity (Wildman–Crippen MR) is 96.4 cm³/mol. The SMILES string of the molecule is C[C@@H](OC(=O)CCCOc1ccc(F)cc1)c1nc2ccccc2n1C. The summed E-state index contributed by atoms with van der Waals surface area (Å²) in [4.78, 5) is 16.6. The molecule has 0 N–H and O–H groups in total. The molecule has 1 atom stereocenters. The highest BCUT2D eigenvalue weighted by molar-refractivity contribution is 5.76. The Kier molecular flexibility index (Phi) is 5.51. The fraction of sp³-hybridized carbons (Fsp3) is 0.300. The zero-order chi connectivity index (χ0) is 18.5. The first-order chi connectivity index (χ1) is 12.5. The third kappa shape index (κ3) is 4.20. The molecule has 0 radical (unpaired) electrons. The molecule has 0 aliphatic rings. The highest BCUT2D eigenvalue weighted by Gasteiger charge is 2.18. The molecule has 6 heteroatoms. The monoisotopic (exact) mass is 356 g/mol. The fourth-order valence-electron chi connectivity index (χ4n) is 2.77. The van der Waals surface area contributed by atoms with Gasteiger partial charge in [-0.1, -0.05) is 12.1 Å². The van der Waals surface area contributed by atoms with E-state index in [-0.39, 0.29) is 18.2 Å². The van der Waals surface area contributed by atoms with Crippen LogP contribution in [0.3, 0.4) is 0 Å². The van der Waals surface area contributed by atoms with Gasteiger partial charge in [0.15, 0.2) is 11.9 Å². The number of ether oxygens (including phenoxy) is 2. The van der Waals surface area contributed by atoms with Crippen molar-refractivity contribution < 1.29 is 18.7 Å². The van der Waals surface area contributed by atoms with Crippen LogP contribution in [0.2, 0.25) is 0 Å². The average molecular weight is 356 g/mol. The van der Waals surface area contributed by atoms with Gasteiger partial charge in [0.1, 0.15) is 11.6 Å². The minimum Gasteiger partial charge on any atom is -0.494 e. The molecule has 0 aliphatic heterocycles. The quantitative estimate of drug-likeness (QED) is 0.471. The van der Waals surface area contributed by atoms with Crippen LogP contribution in [0.25, 0.3) is 11.0 Å². The average Bonchev–Trinajstić information content (AvgIpc) is 2.97. The number of fused-ring (bicyclic) bond motifs is 1. The Labute approximate surface area is 151 Å². The molecule has 0 saturated carbocycles. The molecular formula is C20H21FN2O3. The summed E-state index contributed by atoms with van der Waals surface area (Å²) in [6, 6.07) is 13.6. The molecule has 1 aromatic heterocycles. The van der Waals surface area contributed by atoms with Crippen molar-refractivity contribution in [3.8, 4) is 5.75 Å². The van der Waals surface area contributed by atoms with E-state index in [4.69, 9.17) is 9.47 Å². The van der Waals surface area contributed by atoms with Crippen molar-refractivity contribution in [3.63, 3.8) is 0 Å². The summed E-state index contributed by atoms with van der Waals surface area (Å²) in [5.74, 6) is 0.680. The Balaban J connectivity index is 1.48. The molecule has 5 nitrogen and oxygen atoms in total. The van der Waals surface area contributed by atoms with Crippen molar-refractivity contribution in [1.82, 2.24) is 9.55 Å². The topological polar surface area (TPSA) is 53.4 Å². The van der Waals surface area contributed by atoms with Crippen LogP contribution in [0.1, 0.15) is 31.7 Å². The van der Waals surface area contributed by atoms with Gasteiger partial charge in [-0.3, -0.25) is 4.79 Å². The number of carbonyl (C=O) groups is 1. The molecule has 3 rings (SSSR count). The van der Waals surface area contributed by atoms with E-state index in [9.17, 15) is 9.18 Å². The van der Waals surface area contributed by atoms with E-state index in [0.717, 1.165) is 11.0 Å². The van der Waals surface area contributed by atoms with Crippen LogP contribution < -0.4 is 4.74 Å². The molecule has 3 aromatic rings. The number of benzene rings is 2. The minimum atomic E-state index is -0.432. The van der Waals surface area contributed by atoms with Gasteiger partial charge in [0.25, 0.3) is 0 Å². The normalized spacial score (nSPS) is 12.1. The maximum absolute atomic E-state index is 12.8. The number of para-hydroxylation sites is 2. The van der Waals surface area contributed by atoms with Crippen LogP contribution in [0.15, 0.2) is 48.5 Å². The second-order valence-corrected chi connectivity index (χ2v) is 6.06. The van der Waals surface area contributed by atoms with Gasteiger partial charge in [-0.05, 0) is 49.7 Å². The lowest BCUT2D eigenvalue weighted by atomic mass is 10.3. The Bertz CT molecular complexity index is 890. The third-order valence-electron chi connectivity index (χ3n) is 4.10. The molecular weight excluding hydrogens is 335 g/mol. The van der Waals surface area contributed by atoms with Gasteiger partial charge < -0.3 is 14.0 Å². The van der Waals surface area contributed by atoms with Crippen molar-refractivity contribution in [2.45, 2.75) is 25.9 Å². The van der Waals surface area contributed by atoms with E-state index in [0.29, 0.717) is 24.6 Å². The molecule has 2 aromatic carbocycles. The molecule has 0 amide bonds. The van der Waals surface area contributed by atoms with Crippen molar-refractivity contribution in [3.05, 3.63) is 60.2 Å². The number of imidazole rings is 1. The van der Waals surface area contributed by atoms with Crippen LogP contribution in [-0.4, -0.2) is 22.1 Å². The van der Waals surface area contributed by atoms with Crippen LogP contribution in [0.5, 0.6) is 5.75 Å². The lowest BCUT2D eigenvalue weighted by molar-refractivity contribution is -0.149. The molecule has 1 heterocycles. The predicted octanol–water partition coefficient (Wildman–Crippen LogP) is 4.18. The first-order valence-electron chi connectivity index (χ1n) is 8.54. The van der Waals surface area contributed by atoms with Crippen molar-refractivity contribution >= 4 is 17.0 Å². The first-order valence-corrected chi connectivity index (χ1v) is 8.54. The number of hydrogen-bond donors (Lipinski definition) is 0. The highest BCUT2D eigenvalue weighted by Crippen LogP contribution is 2.22. The van der Waals surface area contributed by atoms with Gasteiger partial charge >= 0.3 is 5.97 Å². The van der Waals surface area contributed by atoms with E-state index in [1.165, 1.54) is 12.1 Å². The smallest absolute Gasteiger partial charge is 0.306 e. The number of hydrogen-bond acceptors (Lipinski definition) is 4. The minimum absolute atomic E-state index is 0.246. The van der Waals surface area contributed by atoms with Crippen LogP contribution >= 0.6 is 0 Å². The van der Waals surface area contributed by atoms with Gasteiger partial charge in [0.05, 0.1) is 17.6 Å². The lowest BCUT2D eigenvalue weighted by Gasteiger charge is -2.13. The lowest BCUT2D eigenvalue weighted by Crippen LogP contribution is -2.13. The van der Waals surface area contributed by atoms with Gasteiger partial charge in [-0.25, -0.2) is 9.37 Å². The summed E-state index contributed by atoms with van der Waals surface area (Å²) < 4.78 is 25.7. The standard InChI is InChI=1S/C20H21FN2O3/c1-14(20-22-17-6-3-4-7-18(17)23(20)2)26-19(24)8-5-13-25-16-11-9-15(21)10-12-16/h3-4,6-7,9-12,14H,5,8,13H2,1-2H3/t14-/m1/s1. The van der Waals surface area contributed by atoms with Gasteiger partial charge in [-0.2, -0.15) is 0 Å². The number of nitrogens with zero attached hydrogens (tertiary/aromatic N) is 2. The van der Waals surface area contributed by atoms with E-state index >= 15 is 0 Å². The zero-order valence-corrected chi connectivity index (χ0v) is 14.8. The number of aryl methyl sites for hydroxylation is 1. The summed E-state index contributed by atoms with van der Waals surface area (Å²) in [6.07, 6.45) is 0.332. The highest BCUT2D eigenvalue weighted by atomic mass is 19.1. The molecule has 0 spiro atoms. The van der Waals surface area contributed by atoms with Crippen LogP contribution in [0, 0.1) is 5.82 Å². The number of halogens is 1. The largest absolute Gasteiger partial charge is 0.494 e. The van der Waals surface area contributed by atoms with Crippen molar-refractivity contribution in [2.75, 3.05) is 6.61 Å². The summed E-state index contributed by atoms with van der Waals surface area (Å²) in [6.45, 7) is 2.18. The summed E-state index contributed by atoms with van der Waals surface area (Å²) in [7, 11) is 1.91. The maximum atomic E-state index is 12.8. The Morgan fingerprint density at radius 2 is 1.92 bits per heavy atom. The molecule has 136 valence electrons. The number of carbonyl (C=O) groups excluding carboxylic acids is 1. The van der Waals surface area contributed by atoms with Gasteiger partial charge in [0, 0.05) is 13.5 Å². The molecule has 26 heavy (non-hydrogen) atoms. The Hall–Kier alpha value is -2.89. The Morgan fingerprint density at radius 3 is 2.65 bits per heavy atom. The van der Waals surface area contributed by atoms with Gasteiger partial charge in [0.2, 0.25) is 0 Å². The van der Waals surface area contributed by atoms with Crippen LogP contribution in [-0.2, 0) is 16.6 Å². The summed E-state index contributed by atoms with van der Waals surface area (Å²) in [5.41, 5.74) is 1.87. The third-order valence-corrected chi connectivity index (χ3v) is 4.10. The van der Waals surface area contributed by atoms with E-state index in [1.807, 2.05) is 42.8 Å². The second kappa shape index (κ2) is 7.99. The fourth-order valence-corrected chi connectivity index (χ4v) is 2.77. The Morgan fingerprint density at radius 1 is 1.19 bits per heavy atom. The first kappa shape index (κ1) is 17.9. The molecule has 0 fully saturated rings. The van der Waals surface area contributed by atoms with E-state index in [2.05, 4.69) is 4.98 Å². The van der Waals surface area contributed by atoms with Crippen molar-refractivity contribution in [1.29, 1.82) is 0 Å². The summed E-state index contributed by atoms with van der Waals surface area (Å²) in [5, 5.41) is 0. The molecule has 0 saturated heterocycles.